The van der Waals surface area contributed by atoms with E-state index in [1.807, 2.05) is 21.0 Å². The Morgan fingerprint density at radius 2 is 1.94 bits per heavy atom. The Hall–Kier alpha value is -2.15. The van der Waals surface area contributed by atoms with Crippen molar-refractivity contribution in [3.8, 4) is 6.07 Å². The van der Waals surface area contributed by atoms with E-state index in [0.717, 1.165) is 37.7 Å². The molecule has 9 heteroatoms. The van der Waals surface area contributed by atoms with E-state index in [1.165, 1.54) is 21.1 Å². The fraction of sp³-hybridized carbons (Fsp3) is 0.720. The van der Waals surface area contributed by atoms with Crippen molar-refractivity contribution >= 4 is 28.3 Å². The Labute approximate surface area is 208 Å². The van der Waals surface area contributed by atoms with E-state index in [2.05, 4.69) is 42.1 Å². The zero-order valence-corrected chi connectivity index (χ0v) is 22.3. The van der Waals surface area contributed by atoms with Crippen LogP contribution in [-0.4, -0.2) is 79.0 Å². The van der Waals surface area contributed by atoms with E-state index in [-0.39, 0.29) is 29.3 Å². The summed E-state index contributed by atoms with van der Waals surface area (Å²) in [5, 5.41) is 13.2. The number of anilines is 1. The van der Waals surface area contributed by atoms with E-state index >= 15 is 0 Å². The molecule has 1 aromatic heterocycles. The molecule has 0 aromatic carbocycles. The van der Waals surface area contributed by atoms with Crippen molar-refractivity contribution in [3.05, 3.63) is 16.0 Å². The number of likely N-dealkylation sites (tertiary alicyclic amines) is 1. The summed E-state index contributed by atoms with van der Waals surface area (Å²) in [7, 11) is 6.13. The first-order valence-electron chi connectivity index (χ1n) is 12.4. The van der Waals surface area contributed by atoms with Crippen molar-refractivity contribution in [2.45, 2.75) is 64.5 Å². The van der Waals surface area contributed by atoms with Gasteiger partial charge in [-0.15, -0.1) is 11.3 Å². The predicted molar refractivity (Wildman–Crippen MR) is 137 cm³/mol. The van der Waals surface area contributed by atoms with Gasteiger partial charge in [-0.25, -0.2) is 4.79 Å². The summed E-state index contributed by atoms with van der Waals surface area (Å²) in [6.07, 6.45) is 4.18. The number of amides is 3. The molecule has 3 atom stereocenters. The second kappa shape index (κ2) is 10.6. The van der Waals surface area contributed by atoms with Crippen molar-refractivity contribution < 1.29 is 9.59 Å². The number of carbonyl (C=O) groups is 2. The number of piperidine rings is 1. The number of nitrogens with zero attached hydrogens (tertiary/aromatic N) is 4. The predicted octanol–water partition coefficient (Wildman–Crippen LogP) is 2.92. The monoisotopic (exact) mass is 488 g/mol. The number of urea groups is 1. The van der Waals surface area contributed by atoms with Crippen molar-refractivity contribution in [2.75, 3.05) is 46.5 Å². The number of hydrogen-bond acceptors (Lipinski definition) is 7. The smallest absolute Gasteiger partial charge is 0.324 e. The molecule has 0 spiro atoms. The zero-order chi connectivity index (χ0) is 25.2. The summed E-state index contributed by atoms with van der Waals surface area (Å²) in [6, 6.07) is 2.29. The molecule has 0 saturated carbocycles. The van der Waals surface area contributed by atoms with Gasteiger partial charge in [0.2, 0.25) is 5.91 Å². The van der Waals surface area contributed by atoms with Gasteiger partial charge in [-0.1, -0.05) is 13.8 Å². The molecule has 3 N–H and O–H groups in total. The van der Waals surface area contributed by atoms with E-state index < -0.39 is 0 Å². The maximum absolute atomic E-state index is 13.5. The highest BCUT2D eigenvalue weighted by Gasteiger charge is 2.43. The fourth-order valence-corrected chi connectivity index (χ4v) is 6.99. The number of nitriles is 1. The molecular formula is C25H40N6O2S. The van der Waals surface area contributed by atoms with E-state index in [9.17, 15) is 14.9 Å². The van der Waals surface area contributed by atoms with Crippen LogP contribution in [0.2, 0.25) is 0 Å². The van der Waals surface area contributed by atoms with E-state index in [0.29, 0.717) is 36.2 Å². The van der Waals surface area contributed by atoms with E-state index in [1.54, 1.807) is 0 Å². The second-order valence-electron chi connectivity index (χ2n) is 10.0. The largest absolute Gasteiger partial charge is 0.389 e. The Morgan fingerprint density at radius 1 is 1.26 bits per heavy atom. The van der Waals surface area contributed by atoms with Crippen LogP contribution in [0, 0.1) is 23.2 Å². The number of rotatable bonds is 7. The van der Waals surface area contributed by atoms with Crippen LogP contribution in [0.4, 0.5) is 9.80 Å². The van der Waals surface area contributed by atoms with Crippen LogP contribution in [-0.2, 0) is 17.6 Å². The van der Waals surface area contributed by atoms with Gasteiger partial charge in [0.1, 0.15) is 11.1 Å². The van der Waals surface area contributed by atoms with Crippen molar-refractivity contribution in [1.29, 1.82) is 5.26 Å². The van der Waals surface area contributed by atoms with Gasteiger partial charge in [0.15, 0.2) is 0 Å². The molecule has 1 aliphatic heterocycles. The van der Waals surface area contributed by atoms with Gasteiger partial charge in [0.25, 0.3) is 0 Å². The van der Waals surface area contributed by atoms with Crippen LogP contribution in [0.15, 0.2) is 0 Å². The minimum Gasteiger partial charge on any atom is -0.389 e. The molecule has 2 aliphatic rings. The van der Waals surface area contributed by atoms with Gasteiger partial charge in [0.05, 0.1) is 11.5 Å². The summed E-state index contributed by atoms with van der Waals surface area (Å²) < 4.78 is 0. The molecule has 3 unspecified atom stereocenters. The van der Waals surface area contributed by atoms with Crippen LogP contribution < -0.4 is 11.1 Å². The molecule has 3 rings (SSSR count). The molecule has 1 aromatic rings. The molecule has 34 heavy (non-hydrogen) atoms. The van der Waals surface area contributed by atoms with Crippen molar-refractivity contribution in [3.63, 3.8) is 0 Å². The highest BCUT2D eigenvalue weighted by Crippen LogP contribution is 2.43. The Bertz CT molecular complexity index is 948. The van der Waals surface area contributed by atoms with Crippen molar-refractivity contribution in [2.24, 2.45) is 11.8 Å². The molecular weight excluding hydrogens is 448 g/mol. The summed E-state index contributed by atoms with van der Waals surface area (Å²) >= 11 is 1.53. The number of nitrogens with two attached hydrogens (primary N) is 1. The zero-order valence-electron chi connectivity index (χ0n) is 21.5. The van der Waals surface area contributed by atoms with Gasteiger partial charge in [-0.2, -0.15) is 5.26 Å². The first-order chi connectivity index (χ1) is 16.1. The number of hydrogen-bond donors (Lipinski definition) is 2. The number of nitrogens with one attached hydrogen (secondary N) is 1. The third-order valence-corrected chi connectivity index (χ3v) is 9.39. The van der Waals surface area contributed by atoms with Gasteiger partial charge in [-0.3, -0.25) is 9.69 Å². The molecule has 1 saturated heterocycles. The van der Waals surface area contributed by atoms with Crippen LogP contribution >= 0.6 is 11.3 Å². The van der Waals surface area contributed by atoms with Crippen LogP contribution in [0.1, 0.15) is 56.0 Å². The quantitative estimate of drug-likeness (QED) is 0.611. The highest BCUT2D eigenvalue weighted by molar-refractivity contribution is 7.16. The lowest BCUT2D eigenvalue weighted by atomic mass is 9.74. The fourth-order valence-electron chi connectivity index (χ4n) is 5.90. The maximum Gasteiger partial charge on any atom is 0.324 e. The first-order valence-corrected chi connectivity index (χ1v) is 13.2. The second-order valence-corrected chi connectivity index (χ2v) is 11.2. The average molecular weight is 489 g/mol. The lowest BCUT2D eigenvalue weighted by molar-refractivity contribution is -0.135. The molecule has 188 valence electrons. The van der Waals surface area contributed by atoms with Crippen LogP contribution in [0.25, 0.3) is 0 Å². The average Bonchev–Trinajstić information content (AvgIpc) is 3.12. The summed E-state index contributed by atoms with van der Waals surface area (Å²) in [5.74, 6) is -0.0782. The van der Waals surface area contributed by atoms with Gasteiger partial charge < -0.3 is 20.9 Å². The minimum absolute atomic E-state index is 0.107. The van der Waals surface area contributed by atoms with Crippen molar-refractivity contribution in [1.82, 2.24) is 20.0 Å². The lowest BCUT2D eigenvalue weighted by Gasteiger charge is -2.45. The summed E-state index contributed by atoms with van der Waals surface area (Å²) in [5.41, 5.74) is 7.64. The third-order valence-electron chi connectivity index (χ3n) is 8.31. The topological polar surface area (TPSA) is 106 Å². The van der Waals surface area contributed by atoms with Crippen LogP contribution in [0.5, 0.6) is 0 Å². The molecule has 1 fully saturated rings. The standard InChI is InChI=1S/C25H40N6O2S/c1-7-25(8-2,29(4)5)15-28-24(33)31(9-3)23(32)17-10-16-11-18-19(13-26)22(27)34-21(18)12-20(16)30(6)14-17/h16-17,20H,7-12,14-15,27H2,1-6H3,(H,28,33). The van der Waals surface area contributed by atoms with E-state index in [4.69, 9.17) is 5.73 Å². The Morgan fingerprint density at radius 3 is 2.50 bits per heavy atom. The number of thiophene rings is 1. The number of fused-ring (bicyclic) bond motifs is 2. The molecule has 1 aliphatic carbocycles. The molecule has 3 amide bonds. The highest BCUT2D eigenvalue weighted by atomic mass is 32.1. The SMILES string of the molecule is CCN(C(=O)NCC(CC)(CC)N(C)C)C(=O)C1CC2Cc3c(sc(N)c3C#N)CC2N(C)C1. The first kappa shape index (κ1) is 26.5. The Kier molecular flexibility index (Phi) is 8.27. The Balaban J connectivity index is 1.71. The van der Waals surface area contributed by atoms with Gasteiger partial charge in [-0.05, 0) is 71.7 Å². The lowest BCUT2D eigenvalue weighted by Crippen LogP contribution is -2.57. The molecule has 0 bridgehead atoms. The number of carbonyl (C=O) groups excluding carboxylic acids is 2. The maximum atomic E-state index is 13.5. The van der Waals surface area contributed by atoms with Crippen LogP contribution in [0.3, 0.4) is 0 Å². The minimum atomic E-state index is -0.311. The summed E-state index contributed by atoms with van der Waals surface area (Å²) in [6.45, 7) is 7.59. The van der Waals surface area contributed by atoms with Gasteiger partial charge >= 0.3 is 6.03 Å². The number of likely N-dealkylation sites (N-methyl/N-ethyl adjacent to an activating group) is 2. The molecule has 0 radical (unpaired) electrons. The molecule has 8 nitrogen and oxygen atoms in total. The normalized spacial score (nSPS) is 22.6. The number of nitrogen functional groups attached to an aromatic ring is 1. The molecule has 2 heterocycles. The number of imide groups is 1. The summed E-state index contributed by atoms with van der Waals surface area (Å²) in [4.78, 5) is 33.6. The third kappa shape index (κ3) is 4.81. The van der Waals surface area contributed by atoms with Gasteiger partial charge in [0, 0.05) is 36.1 Å².